The van der Waals surface area contributed by atoms with Crippen LogP contribution in [0.2, 0.25) is 0 Å². The van der Waals surface area contributed by atoms with Gasteiger partial charge in [-0.3, -0.25) is 9.78 Å². The lowest BCUT2D eigenvalue weighted by Gasteiger charge is -2.13. The molecule has 0 radical (unpaired) electrons. The first-order valence-corrected chi connectivity index (χ1v) is 5.60. The predicted octanol–water partition coefficient (Wildman–Crippen LogP) is 2.42. The van der Waals surface area contributed by atoms with Crippen molar-refractivity contribution >= 4 is 5.91 Å². The van der Waals surface area contributed by atoms with Gasteiger partial charge in [0.25, 0.3) is 5.91 Å². The Hall–Kier alpha value is -1.38. The Morgan fingerprint density at radius 1 is 1.27 bits per heavy atom. The summed E-state index contributed by atoms with van der Waals surface area (Å²) in [5.41, 5.74) is 1.63. The molecule has 2 rings (SSSR count). The van der Waals surface area contributed by atoms with Gasteiger partial charge in [-0.1, -0.05) is 33.8 Å². The largest absolute Gasteiger partial charge is 0.350 e. The molecule has 0 bridgehead atoms. The summed E-state index contributed by atoms with van der Waals surface area (Å²) in [7, 11) is 0. The molecule has 0 aromatic carbocycles. The van der Waals surface area contributed by atoms with E-state index in [1.54, 1.807) is 6.20 Å². The van der Waals surface area contributed by atoms with E-state index in [4.69, 9.17) is 0 Å². The minimum absolute atomic E-state index is 0.0492. The number of hydrogen-bond acceptors (Lipinski definition) is 2. The van der Waals surface area contributed by atoms with Crippen molar-refractivity contribution in [2.45, 2.75) is 34.1 Å². The Balaban J connectivity index is 0.000000442. The van der Waals surface area contributed by atoms with Gasteiger partial charge in [-0.05, 0) is 18.1 Å². The van der Waals surface area contributed by atoms with E-state index in [0.29, 0.717) is 5.69 Å². The number of carbonyl (C=O) groups is 1. The maximum Gasteiger partial charge on any atom is 0.270 e. The minimum atomic E-state index is -0.0492. The fraction of sp³-hybridized carbons (Fsp3) is 0.500. The molecule has 0 aliphatic carbocycles. The molecule has 15 heavy (non-hydrogen) atoms. The normalized spacial score (nSPS) is 12.1. The molecule has 1 amide bonds. The zero-order chi connectivity index (χ0) is 11.7. The minimum Gasteiger partial charge on any atom is -0.350 e. The van der Waals surface area contributed by atoms with Gasteiger partial charge < -0.3 is 5.32 Å². The second-order valence-corrected chi connectivity index (χ2v) is 2.52. The van der Waals surface area contributed by atoms with E-state index in [1.807, 2.05) is 39.8 Å². The first-order valence-electron chi connectivity index (χ1n) is 5.60. The van der Waals surface area contributed by atoms with Gasteiger partial charge in [0.15, 0.2) is 0 Å². The third kappa shape index (κ3) is 3.70. The van der Waals surface area contributed by atoms with Gasteiger partial charge in [-0.2, -0.15) is 0 Å². The van der Waals surface area contributed by atoms with Crippen molar-refractivity contribution in [3.8, 4) is 0 Å². The van der Waals surface area contributed by atoms with Gasteiger partial charge >= 0.3 is 0 Å². The van der Waals surface area contributed by atoms with Crippen LogP contribution < -0.4 is 5.32 Å². The summed E-state index contributed by atoms with van der Waals surface area (Å²) in [4.78, 5) is 15.1. The number of carbonyl (C=O) groups excluding carboxylic acids is 1. The number of fused-ring (bicyclic) bond motifs is 1. The summed E-state index contributed by atoms with van der Waals surface area (Å²) >= 11 is 0. The number of aromatic nitrogens is 1. The van der Waals surface area contributed by atoms with Crippen LogP contribution >= 0.6 is 0 Å². The van der Waals surface area contributed by atoms with Crippen LogP contribution in [0.1, 0.15) is 43.7 Å². The molecule has 1 aromatic rings. The average Bonchev–Trinajstić information content (AvgIpc) is 2.35. The molecule has 1 aliphatic heterocycles. The summed E-state index contributed by atoms with van der Waals surface area (Å²) < 4.78 is 0. The summed E-state index contributed by atoms with van der Waals surface area (Å²) in [5.74, 6) is -0.0492. The number of amides is 1. The van der Waals surface area contributed by atoms with Crippen LogP contribution in [0.3, 0.4) is 0 Å². The lowest BCUT2D eigenvalue weighted by atomic mass is 10.1. The lowest BCUT2D eigenvalue weighted by Crippen LogP contribution is -2.32. The Labute approximate surface area is 91.9 Å². The van der Waals surface area contributed by atoms with Gasteiger partial charge in [0, 0.05) is 12.7 Å². The molecule has 84 valence electrons. The molecular formula is C12H20N2O. The highest BCUT2D eigenvalue weighted by Crippen LogP contribution is 2.08. The van der Waals surface area contributed by atoms with Crippen LogP contribution in [-0.2, 0) is 6.42 Å². The van der Waals surface area contributed by atoms with Gasteiger partial charge in [-0.25, -0.2) is 0 Å². The van der Waals surface area contributed by atoms with E-state index in [0.717, 1.165) is 18.5 Å². The molecule has 1 N–H and O–H groups in total. The van der Waals surface area contributed by atoms with Crippen molar-refractivity contribution < 1.29 is 4.79 Å². The van der Waals surface area contributed by atoms with Crippen LogP contribution in [0.4, 0.5) is 0 Å². The standard InChI is InChI=1S/C8H8N2O.2C2H6/c11-8-7-6(3-5-10-8)2-1-4-9-7;2*1-2/h1-2,4H,3,5H2,(H,10,11);2*1-2H3. The van der Waals surface area contributed by atoms with E-state index >= 15 is 0 Å². The smallest absolute Gasteiger partial charge is 0.270 e. The molecule has 1 aliphatic rings. The number of rotatable bonds is 0. The highest BCUT2D eigenvalue weighted by molar-refractivity contribution is 5.94. The number of nitrogens with zero attached hydrogens (tertiary/aromatic N) is 1. The molecule has 0 saturated carbocycles. The zero-order valence-electron chi connectivity index (χ0n) is 10.0. The van der Waals surface area contributed by atoms with Gasteiger partial charge in [0.1, 0.15) is 5.69 Å². The second kappa shape index (κ2) is 7.97. The maximum absolute atomic E-state index is 11.1. The fourth-order valence-electron chi connectivity index (χ4n) is 1.24. The third-order valence-corrected chi connectivity index (χ3v) is 1.79. The van der Waals surface area contributed by atoms with Gasteiger partial charge in [-0.15, -0.1) is 0 Å². The predicted molar refractivity (Wildman–Crippen MR) is 63.0 cm³/mol. The quantitative estimate of drug-likeness (QED) is 0.711. The summed E-state index contributed by atoms with van der Waals surface area (Å²) in [6.07, 6.45) is 2.54. The average molecular weight is 208 g/mol. The van der Waals surface area contributed by atoms with Crippen molar-refractivity contribution in [1.29, 1.82) is 0 Å². The summed E-state index contributed by atoms with van der Waals surface area (Å²) in [6, 6.07) is 3.80. The molecule has 0 atom stereocenters. The van der Waals surface area contributed by atoms with Crippen molar-refractivity contribution in [1.82, 2.24) is 10.3 Å². The van der Waals surface area contributed by atoms with Crippen LogP contribution in [0.5, 0.6) is 0 Å². The van der Waals surface area contributed by atoms with Crippen LogP contribution in [-0.4, -0.2) is 17.4 Å². The molecule has 0 unspecified atom stereocenters. The Bertz CT molecular complexity index is 297. The number of hydrogen-bond donors (Lipinski definition) is 1. The molecular weight excluding hydrogens is 188 g/mol. The third-order valence-electron chi connectivity index (χ3n) is 1.79. The Morgan fingerprint density at radius 2 is 1.93 bits per heavy atom. The van der Waals surface area contributed by atoms with Gasteiger partial charge in [0.2, 0.25) is 0 Å². The van der Waals surface area contributed by atoms with Crippen molar-refractivity contribution in [2.75, 3.05) is 6.54 Å². The highest BCUT2D eigenvalue weighted by Gasteiger charge is 2.16. The Kier molecular flexibility index (Phi) is 7.24. The Morgan fingerprint density at radius 3 is 2.53 bits per heavy atom. The number of nitrogens with one attached hydrogen (secondary N) is 1. The van der Waals surface area contributed by atoms with Crippen LogP contribution in [0, 0.1) is 0 Å². The molecule has 1 aromatic heterocycles. The van der Waals surface area contributed by atoms with Crippen LogP contribution in [0.25, 0.3) is 0 Å². The van der Waals surface area contributed by atoms with Crippen LogP contribution in [0.15, 0.2) is 18.3 Å². The van der Waals surface area contributed by atoms with Crippen molar-refractivity contribution in [3.05, 3.63) is 29.6 Å². The highest BCUT2D eigenvalue weighted by atomic mass is 16.1. The summed E-state index contributed by atoms with van der Waals surface area (Å²) in [5, 5.41) is 2.74. The molecule has 3 heteroatoms. The molecule has 0 spiro atoms. The topological polar surface area (TPSA) is 42.0 Å². The SMILES string of the molecule is CC.CC.O=C1NCCc2cccnc21. The van der Waals surface area contributed by atoms with E-state index in [2.05, 4.69) is 10.3 Å². The van der Waals surface area contributed by atoms with Crippen molar-refractivity contribution in [3.63, 3.8) is 0 Å². The summed E-state index contributed by atoms with van der Waals surface area (Å²) in [6.45, 7) is 8.73. The van der Waals surface area contributed by atoms with Gasteiger partial charge in [0.05, 0.1) is 0 Å². The van der Waals surface area contributed by atoms with E-state index in [1.165, 1.54) is 0 Å². The number of pyridine rings is 1. The first-order chi connectivity index (χ1) is 7.38. The van der Waals surface area contributed by atoms with E-state index < -0.39 is 0 Å². The molecule has 0 saturated heterocycles. The molecule has 2 heterocycles. The molecule has 3 nitrogen and oxygen atoms in total. The maximum atomic E-state index is 11.1. The molecule has 0 fully saturated rings. The second-order valence-electron chi connectivity index (χ2n) is 2.52. The van der Waals surface area contributed by atoms with Crippen molar-refractivity contribution in [2.24, 2.45) is 0 Å². The van der Waals surface area contributed by atoms with E-state index in [-0.39, 0.29) is 5.91 Å². The monoisotopic (exact) mass is 208 g/mol. The first kappa shape index (κ1) is 13.6. The zero-order valence-corrected chi connectivity index (χ0v) is 10.0. The fourth-order valence-corrected chi connectivity index (χ4v) is 1.24. The van der Waals surface area contributed by atoms with E-state index in [9.17, 15) is 4.79 Å². The lowest BCUT2D eigenvalue weighted by molar-refractivity contribution is 0.0940.